The molecule has 170 valence electrons. The Morgan fingerprint density at radius 1 is 1.06 bits per heavy atom. The largest absolute Gasteiger partial charge is 0.352 e. The van der Waals surface area contributed by atoms with Gasteiger partial charge >= 0.3 is 0 Å². The maximum atomic E-state index is 13.3. The molecule has 2 aromatic heterocycles. The van der Waals surface area contributed by atoms with Crippen molar-refractivity contribution in [1.82, 2.24) is 24.5 Å². The highest BCUT2D eigenvalue weighted by atomic mass is 32.2. The fourth-order valence-electron chi connectivity index (χ4n) is 4.75. The Hall–Kier alpha value is -3.13. The zero-order valence-corrected chi connectivity index (χ0v) is 19.6. The number of carbonyl (C=O) groups is 1. The van der Waals surface area contributed by atoms with Gasteiger partial charge in [0, 0.05) is 6.04 Å². The number of aromatic nitrogens is 4. The van der Waals surface area contributed by atoms with Crippen molar-refractivity contribution in [3.05, 3.63) is 65.0 Å². The lowest BCUT2D eigenvalue weighted by Crippen LogP contribution is -2.44. The van der Waals surface area contributed by atoms with Gasteiger partial charge in [-0.05, 0) is 42.5 Å². The lowest BCUT2D eigenvalue weighted by molar-refractivity contribution is -0.120. The van der Waals surface area contributed by atoms with E-state index >= 15 is 0 Å². The van der Waals surface area contributed by atoms with Crippen LogP contribution in [0.1, 0.15) is 33.1 Å². The molecular formula is C25H27N5O2S. The van der Waals surface area contributed by atoms with Crippen molar-refractivity contribution < 1.29 is 4.79 Å². The summed E-state index contributed by atoms with van der Waals surface area (Å²) in [5.74, 6) is 1.78. The molecule has 1 saturated carbocycles. The van der Waals surface area contributed by atoms with Crippen molar-refractivity contribution in [2.24, 2.45) is 11.8 Å². The van der Waals surface area contributed by atoms with Gasteiger partial charge in [-0.2, -0.15) is 0 Å². The molecule has 1 amide bonds. The van der Waals surface area contributed by atoms with Crippen LogP contribution in [0, 0.1) is 11.8 Å². The second-order valence-corrected chi connectivity index (χ2v) is 9.78. The average molecular weight is 462 g/mol. The van der Waals surface area contributed by atoms with Gasteiger partial charge in [0.1, 0.15) is 0 Å². The standard InChI is InChI=1S/C25H27N5O2S/c1-16-9-8-13-20(17(16)2)26-22(31)15-33-25-28-27-24-29(18-10-4-3-5-11-18)23(32)19-12-6-7-14-21(19)30(24)25/h3-7,10-12,14,16-17,20H,8-9,13,15H2,1-2H3,(H,26,31). The van der Waals surface area contributed by atoms with Crippen LogP contribution in [0.5, 0.6) is 0 Å². The van der Waals surface area contributed by atoms with Gasteiger partial charge in [0.2, 0.25) is 11.7 Å². The lowest BCUT2D eigenvalue weighted by atomic mass is 9.78. The van der Waals surface area contributed by atoms with Crippen LogP contribution in [0.2, 0.25) is 0 Å². The van der Waals surface area contributed by atoms with E-state index in [0.717, 1.165) is 24.0 Å². The Kier molecular flexibility index (Phi) is 5.93. The Morgan fingerprint density at radius 3 is 2.64 bits per heavy atom. The quantitative estimate of drug-likeness (QED) is 0.453. The monoisotopic (exact) mass is 461 g/mol. The summed E-state index contributed by atoms with van der Waals surface area (Å²) in [5, 5.41) is 13.1. The molecule has 2 heterocycles. The summed E-state index contributed by atoms with van der Waals surface area (Å²) in [4.78, 5) is 26.1. The van der Waals surface area contributed by atoms with Gasteiger partial charge in [0.25, 0.3) is 5.56 Å². The number of hydrogen-bond acceptors (Lipinski definition) is 5. The van der Waals surface area contributed by atoms with Gasteiger partial charge in [0.05, 0.1) is 22.3 Å². The molecule has 1 N–H and O–H groups in total. The van der Waals surface area contributed by atoms with Gasteiger partial charge in [0.15, 0.2) is 5.16 Å². The predicted octanol–water partition coefficient (Wildman–Crippen LogP) is 4.07. The summed E-state index contributed by atoms with van der Waals surface area (Å²) in [5.41, 5.74) is 1.30. The summed E-state index contributed by atoms with van der Waals surface area (Å²) in [6.45, 7) is 4.49. The van der Waals surface area contributed by atoms with Crippen LogP contribution < -0.4 is 10.9 Å². The molecule has 8 heteroatoms. The molecule has 1 fully saturated rings. The second-order valence-electron chi connectivity index (χ2n) is 8.84. The Labute approximate surface area is 196 Å². The van der Waals surface area contributed by atoms with Crippen molar-refractivity contribution in [3.8, 4) is 5.69 Å². The van der Waals surface area contributed by atoms with E-state index in [0.29, 0.717) is 28.2 Å². The van der Waals surface area contributed by atoms with Gasteiger partial charge in [-0.3, -0.25) is 14.0 Å². The van der Waals surface area contributed by atoms with Crippen molar-refractivity contribution in [3.63, 3.8) is 0 Å². The molecular weight excluding hydrogens is 434 g/mol. The number of carbonyl (C=O) groups excluding carboxylic acids is 1. The van der Waals surface area contributed by atoms with Crippen molar-refractivity contribution in [2.75, 3.05) is 5.75 Å². The molecule has 5 rings (SSSR count). The van der Waals surface area contributed by atoms with Crippen LogP contribution in [-0.2, 0) is 4.79 Å². The zero-order valence-electron chi connectivity index (χ0n) is 18.8. The summed E-state index contributed by atoms with van der Waals surface area (Å²) >= 11 is 1.34. The minimum Gasteiger partial charge on any atom is -0.352 e. The lowest BCUT2D eigenvalue weighted by Gasteiger charge is -2.34. The van der Waals surface area contributed by atoms with Gasteiger partial charge < -0.3 is 5.32 Å². The number of rotatable bonds is 5. The first kappa shape index (κ1) is 21.7. The van der Waals surface area contributed by atoms with E-state index in [1.165, 1.54) is 18.2 Å². The normalized spacial score (nSPS) is 20.8. The van der Waals surface area contributed by atoms with E-state index in [9.17, 15) is 9.59 Å². The summed E-state index contributed by atoms with van der Waals surface area (Å²) in [7, 11) is 0. The molecule has 33 heavy (non-hydrogen) atoms. The third-order valence-electron chi connectivity index (χ3n) is 6.79. The first-order valence-electron chi connectivity index (χ1n) is 11.4. The smallest absolute Gasteiger partial charge is 0.267 e. The number of hydrogen-bond donors (Lipinski definition) is 1. The van der Waals surface area contributed by atoms with Crippen LogP contribution in [0.25, 0.3) is 22.4 Å². The number of fused-ring (bicyclic) bond motifs is 3. The first-order valence-corrected chi connectivity index (χ1v) is 12.4. The van der Waals surface area contributed by atoms with Crippen LogP contribution in [0.15, 0.2) is 64.5 Å². The zero-order chi connectivity index (χ0) is 22.9. The van der Waals surface area contributed by atoms with E-state index in [1.807, 2.05) is 59.0 Å². The van der Waals surface area contributed by atoms with Crippen LogP contribution in [0.3, 0.4) is 0 Å². The molecule has 1 aliphatic rings. The molecule has 0 bridgehead atoms. The average Bonchev–Trinajstić information content (AvgIpc) is 3.25. The molecule has 3 atom stereocenters. The Bertz CT molecular complexity index is 1360. The Balaban J connectivity index is 1.48. The number of benzene rings is 2. The highest BCUT2D eigenvalue weighted by Crippen LogP contribution is 2.30. The molecule has 7 nitrogen and oxygen atoms in total. The highest BCUT2D eigenvalue weighted by Gasteiger charge is 2.28. The van der Waals surface area contributed by atoms with Crippen molar-refractivity contribution in [1.29, 1.82) is 0 Å². The van der Waals surface area contributed by atoms with Crippen LogP contribution >= 0.6 is 11.8 Å². The molecule has 0 aliphatic heterocycles. The molecule has 0 saturated heterocycles. The third kappa shape index (κ3) is 4.04. The van der Waals surface area contributed by atoms with E-state index in [4.69, 9.17) is 0 Å². The maximum Gasteiger partial charge on any atom is 0.267 e. The van der Waals surface area contributed by atoms with Gasteiger partial charge in [-0.25, -0.2) is 4.57 Å². The fourth-order valence-corrected chi connectivity index (χ4v) is 5.50. The number of amides is 1. The van der Waals surface area contributed by atoms with Crippen molar-refractivity contribution >= 4 is 34.3 Å². The minimum atomic E-state index is -0.147. The van der Waals surface area contributed by atoms with Gasteiger partial charge in [-0.1, -0.05) is 68.8 Å². The van der Waals surface area contributed by atoms with Crippen LogP contribution in [-0.4, -0.2) is 36.9 Å². The van der Waals surface area contributed by atoms with Crippen LogP contribution in [0.4, 0.5) is 0 Å². The SMILES string of the molecule is CC1CCCC(NC(=O)CSc2nnc3n(-c4ccccc4)c(=O)c4ccccc4n23)C1C. The van der Waals surface area contributed by atoms with E-state index in [1.54, 1.807) is 4.57 Å². The van der Waals surface area contributed by atoms with E-state index in [2.05, 4.69) is 29.4 Å². The van der Waals surface area contributed by atoms with E-state index in [-0.39, 0.29) is 23.3 Å². The number of para-hydroxylation sites is 2. The van der Waals surface area contributed by atoms with E-state index < -0.39 is 0 Å². The molecule has 2 aromatic carbocycles. The van der Waals surface area contributed by atoms with Crippen molar-refractivity contribution in [2.45, 2.75) is 44.3 Å². The van der Waals surface area contributed by atoms with Gasteiger partial charge in [-0.15, -0.1) is 10.2 Å². The molecule has 0 spiro atoms. The minimum absolute atomic E-state index is 0.00314. The summed E-state index contributed by atoms with van der Waals surface area (Å²) in [6, 6.07) is 17.1. The number of nitrogens with one attached hydrogen (secondary N) is 1. The molecule has 1 aliphatic carbocycles. The molecule has 4 aromatic rings. The predicted molar refractivity (Wildman–Crippen MR) is 131 cm³/mol. The molecule has 3 unspecified atom stereocenters. The summed E-state index contributed by atoms with van der Waals surface area (Å²) in [6.07, 6.45) is 3.41. The maximum absolute atomic E-state index is 13.3. The second kappa shape index (κ2) is 9.02. The fraction of sp³-hybridized carbons (Fsp3) is 0.360. The topological polar surface area (TPSA) is 81.3 Å². The third-order valence-corrected chi connectivity index (χ3v) is 7.72. The Morgan fingerprint density at radius 2 is 1.82 bits per heavy atom. The molecule has 0 radical (unpaired) electrons. The number of thioether (sulfide) groups is 1. The number of nitrogens with zero attached hydrogens (tertiary/aromatic N) is 4. The highest BCUT2D eigenvalue weighted by molar-refractivity contribution is 7.99. The first-order chi connectivity index (χ1) is 16.0. The summed E-state index contributed by atoms with van der Waals surface area (Å²) < 4.78 is 3.44.